The zero-order chi connectivity index (χ0) is 13.1. The second kappa shape index (κ2) is 10.5. The van der Waals surface area contributed by atoms with Crippen LogP contribution in [-0.4, -0.2) is 32.2 Å². The summed E-state index contributed by atoms with van der Waals surface area (Å²) in [5, 5.41) is 2.96. The normalized spacial score (nSPS) is 14.4. The lowest BCUT2D eigenvalue weighted by Crippen LogP contribution is -2.35. The highest BCUT2D eigenvalue weighted by Crippen LogP contribution is 2.12. The molecule has 0 aromatic carbocycles. The molecule has 0 heterocycles. The van der Waals surface area contributed by atoms with Crippen LogP contribution in [0.2, 0.25) is 0 Å². The lowest BCUT2D eigenvalue weighted by molar-refractivity contribution is -0.125. The summed E-state index contributed by atoms with van der Waals surface area (Å²) in [5.74, 6) is 0.333. The number of amides is 1. The molecule has 0 aromatic rings. The third-order valence-electron chi connectivity index (χ3n) is 2.96. The molecule has 4 nitrogen and oxygen atoms in total. The van der Waals surface area contributed by atoms with Crippen LogP contribution in [0.15, 0.2) is 0 Å². The lowest BCUT2D eigenvalue weighted by Gasteiger charge is -2.16. The molecule has 0 aliphatic carbocycles. The summed E-state index contributed by atoms with van der Waals surface area (Å²) in [4.78, 5) is 11.8. The summed E-state index contributed by atoms with van der Waals surface area (Å²) in [6.07, 6.45) is 4.93. The number of carbonyl (C=O) groups excluding carboxylic acids is 1. The first-order valence-electron chi connectivity index (χ1n) is 6.67. The number of methoxy groups -OCH3 is 1. The van der Waals surface area contributed by atoms with Crippen molar-refractivity contribution in [2.24, 2.45) is 11.7 Å². The summed E-state index contributed by atoms with van der Waals surface area (Å²) in [6.45, 7) is 5.40. The van der Waals surface area contributed by atoms with Gasteiger partial charge in [-0.3, -0.25) is 4.79 Å². The minimum absolute atomic E-state index is 0.0102. The maximum absolute atomic E-state index is 11.8. The zero-order valence-corrected chi connectivity index (χ0v) is 11.5. The number of carbonyl (C=O) groups is 1. The van der Waals surface area contributed by atoms with E-state index >= 15 is 0 Å². The van der Waals surface area contributed by atoms with Crippen molar-refractivity contribution in [1.82, 2.24) is 5.32 Å². The summed E-state index contributed by atoms with van der Waals surface area (Å²) >= 11 is 0. The molecule has 0 radical (unpaired) electrons. The number of rotatable bonds is 10. The molecule has 2 atom stereocenters. The SMILES string of the molecule is CCCCC(CC)C(=O)NCCC(N)COC. The first kappa shape index (κ1) is 16.4. The van der Waals surface area contributed by atoms with E-state index in [1.165, 1.54) is 0 Å². The van der Waals surface area contributed by atoms with Crippen LogP contribution in [0, 0.1) is 5.92 Å². The Morgan fingerprint density at radius 1 is 1.35 bits per heavy atom. The van der Waals surface area contributed by atoms with Crippen LogP contribution in [0.25, 0.3) is 0 Å². The van der Waals surface area contributed by atoms with Gasteiger partial charge < -0.3 is 15.8 Å². The molecule has 0 saturated carbocycles. The molecule has 0 saturated heterocycles. The van der Waals surface area contributed by atoms with Gasteiger partial charge in [-0.05, 0) is 19.3 Å². The largest absolute Gasteiger partial charge is 0.383 e. The fourth-order valence-electron chi connectivity index (χ4n) is 1.79. The fraction of sp³-hybridized carbons (Fsp3) is 0.923. The average Bonchev–Trinajstić information content (AvgIpc) is 2.30. The minimum atomic E-state index is 0.0102. The van der Waals surface area contributed by atoms with Gasteiger partial charge in [0.25, 0.3) is 0 Å². The number of hydrogen-bond donors (Lipinski definition) is 2. The third-order valence-corrected chi connectivity index (χ3v) is 2.96. The summed E-state index contributed by atoms with van der Waals surface area (Å²) in [6, 6.07) is 0.0102. The highest BCUT2D eigenvalue weighted by atomic mass is 16.5. The summed E-state index contributed by atoms with van der Waals surface area (Å²) < 4.78 is 4.95. The molecule has 0 aliphatic heterocycles. The second-order valence-corrected chi connectivity index (χ2v) is 4.54. The van der Waals surface area contributed by atoms with E-state index in [0.29, 0.717) is 13.2 Å². The van der Waals surface area contributed by atoms with E-state index in [-0.39, 0.29) is 17.9 Å². The number of hydrogen-bond acceptors (Lipinski definition) is 3. The standard InChI is InChI=1S/C13H28N2O2/c1-4-6-7-11(5-2)13(16)15-9-8-12(14)10-17-3/h11-12H,4-10,14H2,1-3H3,(H,15,16). The molecule has 0 aromatic heterocycles. The van der Waals surface area contributed by atoms with Gasteiger partial charge in [0.15, 0.2) is 0 Å². The highest BCUT2D eigenvalue weighted by molar-refractivity contribution is 5.78. The van der Waals surface area contributed by atoms with E-state index in [1.54, 1.807) is 7.11 Å². The molecule has 17 heavy (non-hydrogen) atoms. The number of nitrogens with two attached hydrogens (primary N) is 1. The van der Waals surface area contributed by atoms with E-state index in [0.717, 1.165) is 32.1 Å². The molecular weight excluding hydrogens is 216 g/mol. The quantitative estimate of drug-likeness (QED) is 0.614. The Morgan fingerprint density at radius 3 is 2.59 bits per heavy atom. The second-order valence-electron chi connectivity index (χ2n) is 4.54. The molecule has 0 aliphatic rings. The van der Waals surface area contributed by atoms with Crippen molar-refractivity contribution in [2.45, 2.75) is 52.0 Å². The van der Waals surface area contributed by atoms with Gasteiger partial charge in [-0.15, -0.1) is 0 Å². The van der Waals surface area contributed by atoms with E-state index in [2.05, 4.69) is 19.2 Å². The molecule has 4 heteroatoms. The van der Waals surface area contributed by atoms with Crippen molar-refractivity contribution in [3.05, 3.63) is 0 Å². The Labute approximate surface area is 105 Å². The van der Waals surface area contributed by atoms with E-state index in [9.17, 15) is 4.79 Å². The van der Waals surface area contributed by atoms with Gasteiger partial charge in [0.2, 0.25) is 5.91 Å². The number of ether oxygens (including phenoxy) is 1. The number of unbranched alkanes of at least 4 members (excludes halogenated alkanes) is 1. The van der Waals surface area contributed by atoms with Crippen LogP contribution in [0.3, 0.4) is 0 Å². The predicted molar refractivity (Wildman–Crippen MR) is 70.8 cm³/mol. The first-order valence-corrected chi connectivity index (χ1v) is 6.67. The number of nitrogens with one attached hydrogen (secondary N) is 1. The first-order chi connectivity index (χ1) is 8.15. The van der Waals surface area contributed by atoms with Crippen molar-refractivity contribution in [3.8, 4) is 0 Å². The Hall–Kier alpha value is -0.610. The molecule has 0 spiro atoms. The fourth-order valence-corrected chi connectivity index (χ4v) is 1.79. The Balaban J connectivity index is 3.74. The maximum Gasteiger partial charge on any atom is 0.223 e. The van der Waals surface area contributed by atoms with Gasteiger partial charge in [-0.25, -0.2) is 0 Å². The van der Waals surface area contributed by atoms with Crippen LogP contribution in [0.4, 0.5) is 0 Å². The van der Waals surface area contributed by atoms with Crippen molar-refractivity contribution < 1.29 is 9.53 Å². The van der Waals surface area contributed by atoms with Gasteiger partial charge in [0.05, 0.1) is 6.61 Å². The van der Waals surface area contributed by atoms with Gasteiger partial charge in [0, 0.05) is 25.6 Å². The Kier molecular flexibility index (Phi) is 10.2. The van der Waals surface area contributed by atoms with Crippen LogP contribution in [-0.2, 0) is 9.53 Å². The third kappa shape index (κ3) is 8.16. The van der Waals surface area contributed by atoms with Crippen molar-refractivity contribution in [3.63, 3.8) is 0 Å². The molecule has 0 fully saturated rings. The van der Waals surface area contributed by atoms with E-state index in [4.69, 9.17) is 10.5 Å². The minimum Gasteiger partial charge on any atom is -0.383 e. The molecule has 102 valence electrons. The monoisotopic (exact) mass is 244 g/mol. The predicted octanol–water partition coefficient (Wildman–Crippen LogP) is 1.68. The molecule has 0 rings (SSSR count). The topological polar surface area (TPSA) is 64.4 Å². The lowest BCUT2D eigenvalue weighted by atomic mass is 9.98. The molecular formula is C13H28N2O2. The Morgan fingerprint density at radius 2 is 2.06 bits per heavy atom. The smallest absolute Gasteiger partial charge is 0.223 e. The van der Waals surface area contributed by atoms with Crippen molar-refractivity contribution in [1.29, 1.82) is 0 Å². The van der Waals surface area contributed by atoms with Crippen LogP contribution in [0.5, 0.6) is 0 Å². The van der Waals surface area contributed by atoms with Gasteiger partial charge in [-0.2, -0.15) is 0 Å². The molecule has 1 amide bonds. The average molecular weight is 244 g/mol. The molecule has 2 unspecified atom stereocenters. The molecule has 0 bridgehead atoms. The summed E-state index contributed by atoms with van der Waals surface area (Å²) in [5.41, 5.74) is 5.78. The van der Waals surface area contributed by atoms with E-state index < -0.39 is 0 Å². The van der Waals surface area contributed by atoms with Crippen LogP contribution < -0.4 is 11.1 Å². The highest BCUT2D eigenvalue weighted by Gasteiger charge is 2.15. The van der Waals surface area contributed by atoms with Crippen LogP contribution >= 0.6 is 0 Å². The molecule has 3 N–H and O–H groups in total. The zero-order valence-electron chi connectivity index (χ0n) is 11.5. The maximum atomic E-state index is 11.8. The van der Waals surface area contributed by atoms with Crippen LogP contribution in [0.1, 0.15) is 46.0 Å². The van der Waals surface area contributed by atoms with Crippen molar-refractivity contribution >= 4 is 5.91 Å². The van der Waals surface area contributed by atoms with Gasteiger partial charge in [-0.1, -0.05) is 26.7 Å². The van der Waals surface area contributed by atoms with Crippen molar-refractivity contribution in [2.75, 3.05) is 20.3 Å². The van der Waals surface area contributed by atoms with Gasteiger partial charge in [0.1, 0.15) is 0 Å². The summed E-state index contributed by atoms with van der Waals surface area (Å²) in [7, 11) is 1.64. The Bertz CT molecular complexity index is 198. The van der Waals surface area contributed by atoms with Gasteiger partial charge >= 0.3 is 0 Å². The van der Waals surface area contributed by atoms with E-state index in [1.807, 2.05) is 0 Å².